The monoisotopic (exact) mass is 453 g/mol. The van der Waals surface area contributed by atoms with Crippen LogP contribution in [0.3, 0.4) is 0 Å². The number of thiophene rings is 1. The first kappa shape index (κ1) is 21.2. The minimum atomic E-state index is -3.96. The largest absolute Gasteiger partial charge is 0.326 e. The van der Waals surface area contributed by atoms with Gasteiger partial charge in [0.15, 0.2) is 5.17 Å². The molecule has 0 saturated carbocycles. The number of anilines is 1. The maximum Gasteiger partial charge on any atom is 0.294 e. The summed E-state index contributed by atoms with van der Waals surface area (Å²) >= 11 is 1.94. The molecule has 1 aliphatic heterocycles. The molecule has 2 heterocycles. The highest BCUT2D eigenvalue weighted by Gasteiger charge is 2.39. The topological polar surface area (TPSA) is 95.9 Å². The zero-order valence-electron chi connectivity index (χ0n) is 14.9. The fraction of sp³-hybridized carbons (Fsp3) is 0.167. The number of thioether (sulfide) groups is 1. The van der Waals surface area contributed by atoms with Crippen LogP contribution in [0.5, 0.6) is 0 Å². The molecule has 0 bridgehead atoms. The van der Waals surface area contributed by atoms with Crippen molar-refractivity contribution < 1.29 is 22.4 Å². The zero-order valence-corrected chi connectivity index (χ0v) is 17.4. The number of amidine groups is 1. The van der Waals surface area contributed by atoms with Gasteiger partial charge >= 0.3 is 0 Å². The molecule has 7 nitrogen and oxygen atoms in total. The van der Waals surface area contributed by atoms with Gasteiger partial charge in [-0.25, -0.2) is 4.39 Å². The summed E-state index contributed by atoms with van der Waals surface area (Å²) < 4.78 is 41.7. The quantitative estimate of drug-likeness (QED) is 0.650. The molecule has 0 spiro atoms. The van der Waals surface area contributed by atoms with Gasteiger partial charge in [-0.1, -0.05) is 23.9 Å². The number of hydrogen-bond acceptors (Lipinski definition) is 6. The van der Waals surface area contributed by atoms with Gasteiger partial charge in [0.05, 0.1) is 0 Å². The molecule has 29 heavy (non-hydrogen) atoms. The fourth-order valence-electron chi connectivity index (χ4n) is 2.48. The van der Waals surface area contributed by atoms with E-state index in [1.54, 1.807) is 11.4 Å². The van der Waals surface area contributed by atoms with Crippen LogP contribution in [-0.4, -0.2) is 42.1 Å². The molecule has 3 rings (SSSR count). The van der Waals surface area contributed by atoms with Crippen molar-refractivity contribution in [2.45, 2.75) is 15.9 Å². The third kappa shape index (κ3) is 5.11. The molecule has 1 N–H and O–H groups in total. The molecule has 1 atom stereocenters. The summed E-state index contributed by atoms with van der Waals surface area (Å²) in [5, 5.41) is 3.37. The normalized spacial score (nSPS) is 18.2. The lowest BCUT2D eigenvalue weighted by molar-refractivity contribution is -0.127. The van der Waals surface area contributed by atoms with Gasteiger partial charge in [-0.15, -0.1) is 22.3 Å². The van der Waals surface area contributed by atoms with Crippen molar-refractivity contribution >= 4 is 55.8 Å². The van der Waals surface area contributed by atoms with Crippen molar-refractivity contribution in [3.05, 3.63) is 60.3 Å². The van der Waals surface area contributed by atoms with Gasteiger partial charge in [0.2, 0.25) is 11.8 Å². The van der Waals surface area contributed by atoms with Gasteiger partial charge in [-0.05, 0) is 35.7 Å². The number of sulfonamides is 1. The number of nitrogens with zero attached hydrogens (tertiary/aromatic N) is 2. The van der Waals surface area contributed by atoms with Crippen LogP contribution < -0.4 is 5.32 Å². The lowest BCUT2D eigenvalue weighted by Gasteiger charge is -2.13. The molecular formula is C18H16FN3O4S3. The van der Waals surface area contributed by atoms with Crippen molar-refractivity contribution in [3.8, 4) is 0 Å². The lowest BCUT2D eigenvalue weighted by Crippen LogP contribution is -2.33. The van der Waals surface area contributed by atoms with E-state index in [4.69, 9.17) is 0 Å². The number of benzene rings is 1. The van der Waals surface area contributed by atoms with Crippen LogP contribution in [0.25, 0.3) is 0 Å². The SMILES string of the molecule is C=CCN1C(=O)C(CC(=O)Nc2ccc(F)cc2)SC1=NS(=O)(=O)c1cccs1. The average Bonchev–Trinajstić information content (AvgIpc) is 3.29. The van der Waals surface area contributed by atoms with E-state index in [9.17, 15) is 22.4 Å². The molecule has 1 aliphatic rings. The Balaban J connectivity index is 1.76. The summed E-state index contributed by atoms with van der Waals surface area (Å²) in [5.74, 6) is -1.31. The molecule has 2 amide bonds. The Morgan fingerprint density at radius 3 is 2.66 bits per heavy atom. The molecule has 152 valence electrons. The third-order valence-corrected chi connectivity index (χ3v) is 7.71. The zero-order chi connectivity index (χ0) is 21.0. The molecule has 1 unspecified atom stereocenters. The molecule has 1 aromatic carbocycles. The van der Waals surface area contributed by atoms with Crippen molar-refractivity contribution in [1.29, 1.82) is 0 Å². The second-order valence-corrected chi connectivity index (χ2v) is 9.83. The van der Waals surface area contributed by atoms with E-state index >= 15 is 0 Å². The standard InChI is InChI=1S/C18H16FN3O4S3/c1-2-9-22-17(24)14(11-15(23)20-13-7-5-12(19)6-8-13)28-18(22)21-29(25,26)16-4-3-10-27-16/h2-8,10,14H,1,9,11H2,(H,20,23). The molecule has 1 aromatic heterocycles. The first-order valence-corrected chi connectivity index (χ1v) is 11.5. The summed E-state index contributed by atoms with van der Waals surface area (Å²) in [5.41, 5.74) is 0.393. The minimum absolute atomic E-state index is 0.00267. The predicted molar refractivity (Wildman–Crippen MR) is 112 cm³/mol. The minimum Gasteiger partial charge on any atom is -0.326 e. The van der Waals surface area contributed by atoms with E-state index in [2.05, 4.69) is 16.3 Å². The fourth-order valence-corrected chi connectivity index (χ4v) is 5.81. The van der Waals surface area contributed by atoms with Crippen molar-refractivity contribution in [2.24, 2.45) is 4.40 Å². The number of amides is 2. The Morgan fingerprint density at radius 2 is 2.03 bits per heavy atom. The van der Waals surface area contributed by atoms with Crippen molar-refractivity contribution in [3.63, 3.8) is 0 Å². The van der Waals surface area contributed by atoms with E-state index in [0.717, 1.165) is 23.1 Å². The van der Waals surface area contributed by atoms with Gasteiger partial charge in [-0.3, -0.25) is 14.5 Å². The molecule has 1 fully saturated rings. The Hall–Kier alpha value is -2.50. The number of nitrogens with one attached hydrogen (secondary N) is 1. The van der Waals surface area contributed by atoms with E-state index in [-0.39, 0.29) is 22.3 Å². The molecule has 0 aliphatic carbocycles. The first-order valence-electron chi connectivity index (χ1n) is 8.33. The van der Waals surface area contributed by atoms with Crippen LogP contribution in [0.4, 0.5) is 10.1 Å². The van der Waals surface area contributed by atoms with Crippen LogP contribution in [0, 0.1) is 5.82 Å². The predicted octanol–water partition coefficient (Wildman–Crippen LogP) is 3.09. The highest BCUT2D eigenvalue weighted by atomic mass is 32.2. The molecule has 0 radical (unpaired) electrons. The van der Waals surface area contributed by atoms with Crippen LogP contribution in [0.15, 0.2) is 63.0 Å². The maximum absolute atomic E-state index is 13.0. The Bertz CT molecular complexity index is 1050. The van der Waals surface area contributed by atoms with Gasteiger partial charge < -0.3 is 5.32 Å². The summed E-state index contributed by atoms with van der Waals surface area (Å²) in [6.07, 6.45) is 1.26. The third-order valence-electron chi connectivity index (χ3n) is 3.78. The molecule has 11 heteroatoms. The number of hydrogen-bond donors (Lipinski definition) is 1. The second kappa shape index (κ2) is 8.89. The van der Waals surface area contributed by atoms with Crippen LogP contribution in [0.1, 0.15) is 6.42 Å². The first-order chi connectivity index (χ1) is 13.8. The van der Waals surface area contributed by atoms with E-state index in [1.807, 2.05) is 0 Å². The Morgan fingerprint density at radius 1 is 1.31 bits per heavy atom. The lowest BCUT2D eigenvalue weighted by atomic mass is 10.2. The summed E-state index contributed by atoms with van der Waals surface area (Å²) in [6.45, 7) is 3.64. The van der Waals surface area contributed by atoms with Gasteiger partial charge in [0, 0.05) is 18.7 Å². The maximum atomic E-state index is 13.0. The highest BCUT2D eigenvalue weighted by molar-refractivity contribution is 8.16. The van der Waals surface area contributed by atoms with E-state index in [0.29, 0.717) is 5.69 Å². The van der Waals surface area contributed by atoms with Crippen LogP contribution >= 0.6 is 23.1 Å². The number of carbonyl (C=O) groups excluding carboxylic acids is 2. The number of carbonyl (C=O) groups is 2. The van der Waals surface area contributed by atoms with Crippen molar-refractivity contribution in [1.82, 2.24) is 4.90 Å². The van der Waals surface area contributed by atoms with Crippen molar-refractivity contribution in [2.75, 3.05) is 11.9 Å². The van der Waals surface area contributed by atoms with Crippen LogP contribution in [0.2, 0.25) is 0 Å². The molecule has 1 saturated heterocycles. The summed E-state index contributed by atoms with van der Waals surface area (Å²) in [4.78, 5) is 26.1. The van der Waals surface area contributed by atoms with Gasteiger partial charge in [0.1, 0.15) is 15.3 Å². The highest BCUT2D eigenvalue weighted by Crippen LogP contribution is 2.32. The number of rotatable bonds is 7. The van der Waals surface area contributed by atoms with E-state index in [1.165, 1.54) is 41.3 Å². The van der Waals surface area contributed by atoms with E-state index < -0.39 is 32.9 Å². The Labute approximate surface area is 175 Å². The van der Waals surface area contributed by atoms with Gasteiger partial charge in [0.25, 0.3) is 10.0 Å². The van der Waals surface area contributed by atoms with Crippen LogP contribution in [-0.2, 0) is 19.6 Å². The smallest absolute Gasteiger partial charge is 0.294 e. The summed E-state index contributed by atoms with van der Waals surface area (Å²) in [6, 6.07) is 8.24. The van der Waals surface area contributed by atoms with Gasteiger partial charge in [-0.2, -0.15) is 8.42 Å². The summed E-state index contributed by atoms with van der Waals surface area (Å²) in [7, 11) is -3.96. The average molecular weight is 454 g/mol. The number of halogens is 1. The molecular weight excluding hydrogens is 437 g/mol. The second-order valence-electron chi connectivity index (χ2n) is 5.88. The Kier molecular flexibility index (Phi) is 6.50. The molecule has 2 aromatic rings.